The summed E-state index contributed by atoms with van der Waals surface area (Å²) in [5, 5.41) is 0. The Morgan fingerprint density at radius 2 is 1.74 bits per heavy atom. The van der Waals surface area contributed by atoms with Crippen molar-refractivity contribution in [3.05, 3.63) is 53.1 Å². The van der Waals surface area contributed by atoms with E-state index in [4.69, 9.17) is 0 Å². The highest BCUT2D eigenvalue weighted by Crippen LogP contribution is 2.30. The SMILES string of the molecule is O=C(Cn1cnc2cc(-c3ccccc3)sc2c1=O)N1CCCCCCC1. The number of fused-ring (bicyclic) bond motifs is 1. The molecule has 0 bridgehead atoms. The van der Waals surface area contributed by atoms with Crippen LogP contribution in [0.25, 0.3) is 20.7 Å². The summed E-state index contributed by atoms with van der Waals surface area (Å²) in [6, 6.07) is 11.9. The first-order chi connectivity index (χ1) is 13.2. The van der Waals surface area contributed by atoms with Crippen molar-refractivity contribution < 1.29 is 4.79 Å². The summed E-state index contributed by atoms with van der Waals surface area (Å²) in [5.74, 6) is 0.0139. The van der Waals surface area contributed by atoms with Crippen LogP contribution in [0.3, 0.4) is 0 Å². The Bertz CT molecular complexity index is 986. The maximum absolute atomic E-state index is 12.9. The van der Waals surface area contributed by atoms with Gasteiger partial charge in [-0.1, -0.05) is 49.6 Å². The van der Waals surface area contributed by atoms with Crippen molar-refractivity contribution in [3.63, 3.8) is 0 Å². The molecule has 0 saturated carbocycles. The van der Waals surface area contributed by atoms with Crippen LogP contribution in [-0.4, -0.2) is 33.4 Å². The first kappa shape index (κ1) is 17.9. The van der Waals surface area contributed by atoms with Crippen LogP contribution in [0, 0.1) is 0 Å². The number of carbonyl (C=O) groups excluding carboxylic acids is 1. The van der Waals surface area contributed by atoms with E-state index in [2.05, 4.69) is 4.98 Å². The fourth-order valence-electron chi connectivity index (χ4n) is 3.55. The molecule has 27 heavy (non-hydrogen) atoms. The van der Waals surface area contributed by atoms with Crippen molar-refractivity contribution in [1.29, 1.82) is 0 Å². The summed E-state index contributed by atoms with van der Waals surface area (Å²) in [7, 11) is 0. The zero-order valence-electron chi connectivity index (χ0n) is 15.3. The van der Waals surface area contributed by atoms with Crippen LogP contribution in [0.15, 0.2) is 47.5 Å². The van der Waals surface area contributed by atoms with E-state index >= 15 is 0 Å². The normalized spacial score (nSPS) is 15.5. The molecule has 1 saturated heterocycles. The van der Waals surface area contributed by atoms with E-state index in [1.807, 2.05) is 41.3 Å². The van der Waals surface area contributed by atoms with Crippen molar-refractivity contribution >= 4 is 27.5 Å². The molecule has 6 heteroatoms. The minimum atomic E-state index is -0.132. The Morgan fingerprint density at radius 3 is 2.48 bits per heavy atom. The molecule has 3 heterocycles. The summed E-state index contributed by atoms with van der Waals surface area (Å²) < 4.78 is 2.06. The molecule has 1 amide bonds. The monoisotopic (exact) mass is 381 g/mol. The minimum Gasteiger partial charge on any atom is -0.341 e. The number of nitrogens with zero attached hydrogens (tertiary/aromatic N) is 3. The van der Waals surface area contributed by atoms with Crippen LogP contribution in [0.2, 0.25) is 0 Å². The molecule has 4 rings (SSSR count). The average Bonchev–Trinajstić information content (AvgIpc) is 3.10. The topological polar surface area (TPSA) is 55.2 Å². The third-order valence-corrected chi connectivity index (χ3v) is 6.24. The van der Waals surface area contributed by atoms with E-state index in [-0.39, 0.29) is 18.0 Å². The van der Waals surface area contributed by atoms with Gasteiger partial charge < -0.3 is 4.90 Å². The van der Waals surface area contributed by atoms with Gasteiger partial charge >= 0.3 is 0 Å². The number of hydrogen-bond donors (Lipinski definition) is 0. The van der Waals surface area contributed by atoms with Gasteiger partial charge in [-0.25, -0.2) is 4.98 Å². The quantitative estimate of drug-likeness (QED) is 0.691. The lowest BCUT2D eigenvalue weighted by Crippen LogP contribution is -2.38. The number of amides is 1. The lowest BCUT2D eigenvalue weighted by molar-refractivity contribution is -0.132. The molecule has 1 aromatic carbocycles. The molecule has 0 N–H and O–H groups in total. The molecule has 0 atom stereocenters. The van der Waals surface area contributed by atoms with Crippen LogP contribution in [0.4, 0.5) is 0 Å². The summed E-state index contributed by atoms with van der Waals surface area (Å²) in [5.41, 5.74) is 1.63. The van der Waals surface area contributed by atoms with E-state index in [1.54, 1.807) is 0 Å². The molecule has 0 aliphatic carbocycles. The van der Waals surface area contributed by atoms with Crippen LogP contribution in [-0.2, 0) is 11.3 Å². The third-order valence-electron chi connectivity index (χ3n) is 5.08. The Balaban J connectivity index is 1.58. The van der Waals surface area contributed by atoms with E-state index in [1.165, 1.54) is 41.5 Å². The van der Waals surface area contributed by atoms with Gasteiger partial charge in [-0.3, -0.25) is 14.2 Å². The lowest BCUT2D eigenvalue weighted by Gasteiger charge is -2.25. The standard InChI is InChI=1S/C21H23N3O2S/c25-19(23-11-7-2-1-3-8-12-23)14-24-15-22-17-13-18(27-20(17)21(24)26)16-9-5-4-6-10-16/h4-6,9-10,13,15H,1-3,7-8,11-12,14H2. The van der Waals surface area contributed by atoms with Crippen molar-refractivity contribution in [2.24, 2.45) is 0 Å². The second kappa shape index (κ2) is 8.05. The highest BCUT2D eigenvalue weighted by atomic mass is 32.1. The summed E-state index contributed by atoms with van der Waals surface area (Å²) in [6.45, 7) is 1.65. The second-order valence-corrected chi connectivity index (χ2v) is 8.07. The number of rotatable bonds is 3. The molecule has 140 valence electrons. The van der Waals surface area contributed by atoms with E-state index < -0.39 is 0 Å². The number of benzene rings is 1. The smallest absolute Gasteiger partial charge is 0.271 e. The zero-order chi connectivity index (χ0) is 18.6. The first-order valence-electron chi connectivity index (χ1n) is 9.54. The Kier molecular flexibility index (Phi) is 5.34. The Hall–Kier alpha value is -2.47. The third kappa shape index (κ3) is 3.95. The van der Waals surface area contributed by atoms with Gasteiger partial charge in [0, 0.05) is 18.0 Å². The van der Waals surface area contributed by atoms with Crippen molar-refractivity contribution in [3.8, 4) is 10.4 Å². The number of carbonyl (C=O) groups is 1. The highest BCUT2D eigenvalue weighted by molar-refractivity contribution is 7.22. The number of likely N-dealkylation sites (tertiary alicyclic amines) is 1. The molecular weight excluding hydrogens is 358 g/mol. The van der Waals surface area contributed by atoms with Gasteiger partial charge in [0.2, 0.25) is 5.91 Å². The molecule has 1 fully saturated rings. The number of thiophene rings is 1. The van der Waals surface area contributed by atoms with Gasteiger partial charge in [0.15, 0.2) is 0 Å². The molecule has 2 aromatic heterocycles. The van der Waals surface area contributed by atoms with Crippen molar-refractivity contribution in [1.82, 2.24) is 14.5 Å². The van der Waals surface area contributed by atoms with Crippen molar-refractivity contribution in [2.45, 2.75) is 38.6 Å². The molecule has 0 unspecified atom stereocenters. The largest absolute Gasteiger partial charge is 0.341 e. The molecule has 0 spiro atoms. The Labute approximate surface area is 162 Å². The molecule has 0 radical (unpaired) electrons. The highest BCUT2D eigenvalue weighted by Gasteiger charge is 2.17. The molecular formula is C21H23N3O2S. The molecule has 1 aliphatic heterocycles. The van der Waals surface area contributed by atoms with Crippen LogP contribution < -0.4 is 5.56 Å². The zero-order valence-corrected chi connectivity index (χ0v) is 16.1. The minimum absolute atomic E-state index is 0.0139. The maximum atomic E-state index is 12.9. The molecule has 5 nitrogen and oxygen atoms in total. The summed E-state index contributed by atoms with van der Waals surface area (Å²) in [6.07, 6.45) is 7.20. The number of hydrogen-bond acceptors (Lipinski definition) is 4. The summed E-state index contributed by atoms with van der Waals surface area (Å²) >= 11 is 1.44. The maximum Gasteiger partial charge on any atom is 0.271 e. The van der Waals surface area contributed by atoms with Gasteiger partial charge in [-0.05, 0) is 24.5 Å². The van der Waals surface area contributed by atoms with Gasteiger partial charge in [0.1, 0.15) is 11.2 Å². The second-order valence-electron chi connectivity index (χ2n) is 7.02. The van der Waals surface area contributed by atoms with Crippen LogP contribution in [0.1, 0.15) is 32.1 Å². The number of aromatic nitrogens is 2. The van der Waals surface area contributed by atoms with Gasteiger partial charge in [-0.15, -0.1) is 11.3 Å². The van der Waals surface area contributed by atoms with Gasteiger partial charge in [0.25, 0.3) is 5.56 Å². The van der Waals surface area contributed by atoms with Crippen LogP contribution >= 0.6 is 11.3 Å². The fourth-order valence-corrected chi connectivity index (χ4v) is 4.61. The summed E-state index contributed by atoms with van der Waals surface area (Å²) in [4.78, 5) is 32.9. The fraction of sp³-hybridized carbons (Fsp3) is 0.381. The van der Waals surface area contributed by atoms with Gasteiger partial charge in [-0.2, -0.15) is 0 Å². The predicted octanol–water partition coefficient (Wildman–Crippen LogP) is 3.92. The molecule has 3 aromatic rings. The average molecular weight is 382 g/mol. The Morgan fingerprint density at radius 1 is 1.04 bits per heavy atom. The predicted molar refractivity (Wildman–Crippen MR) is 109 cm³/mol. The van der Waals surface area contributed by atoms with Crippen molar-refractivity contribution in [2.75, 3.05) is 13.1 Å². The van der Waals surface area contributed by atoms with Crippen LogP contribution in [0.5, 0.6) is 0 Å². The van der Waals surface area contributed by atoms with E-state index in [0.29, 0.717) is 10.2 Å². The van der Waals surface area contributed by atoms with Gasteiger partial charge in [0.05, 0.1) is 11.8 Å². The van der Waals surface area contributed by atoms with E-state index in [9.17, 15) is 9.59 Å². The lowest BCUT2D eigenvalue weighted by atomic mass is 10.1. The molecule has 1 aliphatic rings. The van der Waals surface area contributed by atoms with E-state index in [0.717, 1.165) is 36.4 Å². The first-order valence-corrected chi connectivity index (χ1v) is 10.4.